The van der Waals surface area contributed by atoms with E-state index in [1.165, 1.54) is 23.5 Å². The summed E-state index contributed by atoms with van der Waals surface area (Å²) in [6, 6.07) is 6.96. The molecular formula is C17H13ClN4O5S. The fourth-order valence-electron chi connectivity index (χ4n) is 2.47. The second-order valence-corrected chi connectivity index (χ2v) is 7.19. The number of nitro groups is 1. The molecule has 0 atom stereocenters. The number of carbonyl (C=O) groups is 2. The molecule has 9 nitrogen and oxygen atoms in total. The van der Waals surface area contributed by atoms with Gasteiger partial charge in [0, 0.05) is 16.5 Å². The summed E-state index contributed by atoms with van der Waals surface area (Å²) in [4.78, 5) is 35.8. The summed E-state index contributed by atoms with van der Waals surface area (Å²) in [5.74, 6) is -0.598. The standard InChI is InChI=1S/C17H13ClN4O5S/c1-8-15(9(2)27-21-8)13-5-6-14(28-13)17(24)20-19-16(23)10-3-4-11(18)12(7-10)22(25)26/h3-7H,1-2H3,(H,19,23)(H,20,24). The molecule has 2 aromatic heterocycles. The van der Waals surface area contributed by atoms with Gasteiger partial charge in [0.05, 0.1) is 21.1 Å². The summed E-state index contributed by atoms with van der Waals surface area (Å²) in [5.41, 5.74) is 5.62. The molecule has 3 rings (SSSR count). The molecule has 0 bridgehead atoms. The maximum Gasteiger partial charge on any atom is 0.288 e. The van der Waals surface area contributed by atoms with E-state index >= 15 is 0 Å². The SMILES string of the molecule is Cc1noc(C)c1-c1ccc(C(=O)NNC(=O)c2ccc(Cl)c([N+](=O)[O-])c2)s1. The summed E-state index contributed by atoms with van der Waals surface area (Å²) in [7, 11) is 0. The number of aromatic nitrogens is 1. The van der Waals surface area contributed by atoms with E-state index in [-0.39, 0.29) is 10.6 Å². The first-order valence-electron chi connectivity index (χ1n) is 7.85. The molecular weight excluding hydrogens is 408 g/mol. The molecule has 1 aromatic carbocycles. The molecule has 0 fully saturated rings. The molecule has 2 N–H and O–H groups in total. The van der Waals surface area contributed by atoms with Gasteiger partial charge in [-0.2, -0.15) is 0 Å². The van der Waals surface area contributed by atoms with Crippen LogP contribution in [0.25, 0.3) is 10.4 Å². The minimum Gasteiger partial charge on any atom is -0.361 e. The van der Waals surface area contributed by atoms with Crippen molar-refractivity contribution in [1.82, 2.24) is 16.0 Å². The van der Waals surface area contributed by atoms with Gasteiger partial charge in [-0.05, 0) is 38.1 Å². The maximum atomic E-state index is 12.3. The lowest BCUT2D eigenvalue weighted by Gasteiger charge is -2.06. The van der Waals surface area contributed by atoms with Crippen LogP contribution in [0.1, 0.15) is 31.5 Å². The zero-order valence-electron chi connectivity index (χ0n) is 14.6. The quantitative estimate of drug-likeness (QED) is 0.489. The number of carbonyl (C=O) groups excluding carboxylic acids is 2. The van der Waals surface area contributed by atoms with Crippen LogP contribution in [0.2, 0.25) is 5.02 Å². The average molecular weight is 421 g/mol. The highest BCUT2D eigenvalue weighted by Crippen LogP contribution is 2.32. The Bertz CT molecular complexity index is 1070. The van der Waals surface area contributed by atoms with Crippen molar-refractivity contribution in [3.63, 3.8) is 0 Å². The van der Waals surface area contributed by atoms with Crippen molar-refractivity contribution in [2.75, 3.05) is 0 Å². The molecule has 0 aliphatic carbocycles. The molecule has 0 spiro atoms. The fraction of sp³-hybridized carbons (Fsp3) is 0.118. The Balaban J connectivity index is 1.69. The van der Waals surface area contributed by atoms with Crippen molar-refractivity contribution in [3.05, 3.63) is 67.4 Å². The molecule has 0 aliphatic rings. The third-order valence-corrected chi connectivity index (χ3v) is 5.23. The van der Waals surface area contributed by atoms with Gasteiger partial charge in [0.15, 0.2) is 0 Å². The van der Waals surface area contributed by atoms with Crippen LogP contribution >= 0.6 is 22.9 Å². The van der Waals surface area contributed by atoms with Gasteiger partial charge in [0.25, 0.3) is 17.5 Å². The Kier molecular flexibility index (Phi) is 5.43. The molecule has 2 heterocycles. The van der Waals surface area contributed by atoms with Gasteiger partial charge in [0.1, 0.15) is 10.8 Å². The number of amides is 2. The van der Waals surface area contributed by atoms with Crippen molar-refractivity contribution < 1.29 is 19.0 Å². The van der Waals surface area contributed by atoms with Gasteiger partial charge in [0.2, 0.25) is 0 Å². The number of hydrogen-bond donors (Lipinski definition) is 2. The molecule has 144 valence electrons. The Morgan fingerprint density at radius 2 is 1.89 bits per heavy atom. The topological polar surface area (TPSA) is 127 Å². The van der Waals surface area contributed by atoms with Crippen molar-refractivity contribution in [2.24, 2.45) is 0 Å². The highest BCUT2D eigenvalue weighted by atomic mass is 35.5. The van der Waals surface area contributed by atoms with E-state index in [0.717, 1.165) is 16.5 Å². The fourth-order valence-corrected chi connectivity index (χ4v) is 3.70. The van der Waals surface area contributed by atoms with Crippen LogP contribution in [-0.2, 0) is 0 Å². The largest absolute Gasteiger partial charge is 0.361 e. The maximum absolute atomic E-state index is 12.3. The van der Waals surface area contributed by atoms with Crippen LogP contribution in [-0.4, -0.2) is 21.9 Å². The average Bonchev–Trinajstić information content (AvgIpc) is 3.26. The summed E-state index contributed by atoms with van der Waals surface area (Å²) < 4.78 is 5.12. The lowest BCUT2D eigenvalue weighted by atomic mass is 10.2. The number of nitrogens with zero attached hydrogens (tertiary/aromatic N) is 2. The predicted octanol–water partition coefficient (Wildman–Crippen LogP) is 3.66. The van der Waals surface area contributed by atoms with Crippen LogP contribution in [0, 0.1) is 24.0 Å². The van der Waals surface area contributed by atoms with Crippen LogP contribution in [0.5, 0.6) is 0 Å². The number of nitro benzene ring substituents is 1. The Hall–Kier alpha value is -3.24. The van der Waals surface area contributed by atoms with E-state index in [0.29, 0.717) is 16.3 Å². The molecule has 2 amide bonds. The minimum atomic E-state index is -0.712. The third-order valence-electron chi connectivity index (χ3n) is 3.80. The van der Waals surface area contributed by atoms with Gasteiger partial charge in [-0.25, -0.2) is 0 Å². The first-order valence-corrected chi connectivity index (χ1v) is 9.05. The summed E-state index contributed by atoms with van der Waals surface area (Å²) in [6.07, 6.45) is 0. The van der Waals surface area contributed by atoms with Crippen LogP contribution < -0.4 is 10.9 Å². The Morgan fingerprint density at radius 3 is 2.54 bits per heavy atom. The van der Waals surface area contributed by atoms with E-state index in [9.17, 15) is 19.7 Å². The van der Waals surface area contributed by atoms with Gasteiger partial charge in [-0.1, -0.05) is 16.8 Å². The second-order valence-electron chi connectivity index (χ2n) is 5.69. The van der Waals surface area contributed by atoms with Crippen molar-refractivity contribution in [1.29, 1.82) is 0 Å². The van der Waals surface area contributed by atoms with Gasteiger partial charge in [-0.3, -0.25) is 30.6 Å². The number of thiophene rings is 1. The van der Waals surface area contributed by atoms with E-state index < -0.39 is 22.4 Å². The lowest BCUT2D eigenvalue weighted by Crippen LogP contribution is -2.41. The molecule has 11 heteroatoms. The molecule has 0 aliphatic heterocycles. The highest BCUT2D eigenvalue weighted by molar-refractivity contribution is 7.17. The number of aryl methyl sites for hydroxylation is 2. The van der Waals surface area contributed by atoms with Crippen molar-refractivity contribution in [2.45, 2.75) is 13.8 Å². The monoisotopic (exact) mass is 420 g/mol. The smallest absolute Gasteiger partial charge is 0.288 e. The molecule has 28 heavy (non-hydrogen) atoms. The van der Waals surface area contributed by atoms with Crippen molar-refractivity contribution in [3.8, 4) is 10.4 Å². The number of hydrogen-bond acceptors (Lipinski definition) is 7. The van der Waals surface area contributed by atoms with E-state index in [1.807, 2.05) is 0 Å². The number of rotatable bonds is 4. The van der Waals surface area contributed by atoms with E-state index in [2.05, 4.69) is 16.0 Å². The lowest BCUT2D eigenvalue weighted by molar-refractivity contribution is -0.384. The normalized spacial score (nSPS) is 10.5. The van der Waals surface area contributed by atoms with Crippen LogP contribution in [0.3, 0.4) is 0 Å². The minimum absolute atomic E-state index is 0.0148. The Labute approximate surface area is 167 Å². The molecule has 3 aromatic rings. The molecule has 0 unspecified atom stereocenters. The molecule has 0 radical (unpaired) electrons. The summed E-state index contributed by atoms with van der Waals surface area (Å²) in [5, 5.41) is 14.7. The predicted molar refractivity (Wildman–Crippen MR) is 102 cm³/mol. The first-order chi connectivity index (χ1) is 13.3. The van der Waals surface area contributed by atoms with E-state index in [4.69, 9.17) is 16.1 Å². The number of benzene rings is 1. The molecule has 0 saturated heterocycles. The van der Waals surface area contributed by atoms with Gasteiger partial charge >= 0.3 is 0 Å². The number of nitrogens with one attached hydrogen (secondary N) is 2. The second kappa shape index (κ2) is 7.79. The third kappa shape index (κ3) is 3.87. The van der Waals surface area contributed by atoms with Crippen LogP contribution in [0.15, 0.2) is 34.9 Å². The zero-order chi connectivity index (χ0) is 20.4. The van der Waals surface area contributed by atoms with E-state index in [1.54, 1.807) is 26.0 Å². The zero-order valence-corrected chi connectivity index (χ0v) is 16.2. The van der Waals surface area contributed by atoms with Gasteiger partial charge < -0.3 is 4.52 Å². The first kappa shape index (κ1) is 19.5. The summed E-state index contributed by atoms with van der Waals surface area (Å²) >= 11 is 6.93. The van der Waals surface area contributed by atoms with Crippen LogP contribution in [0.4, 0.5) is 5.69 Å². The highest BCUT2D eigenvalue weighted by Gasteiger charge is 2.19. The van der Waals surface area contributed by atoms with Crippen molar-refractivity contribution >= 4 is 40.4 Å². The number of halogens is 1. The van der Waals surface area contributed by atoms with Gasteiger partial charge in [-0.15, -0.1) is 11.3 Å². The molecule has 0 saturated carbocycles. The number of hydrazine groups is 1. The summed E-state index contributed by atoms with van der Waals surface area (Å²) in [6.45, 7) is 3.58. The Morgan fingerprint density at radius 1 is 1.18 bits per heavy atom.